The van der Waals surface area contributed by atoms with Crippen LogP contribution in [0.1, 0.15) is 11.6 Å². The molecule has 0 aromatic heterocycles. The zero-order valence-corrected chi connectivity index (χ0v) is 8.70. The number of hydrogen-bond donors (Lipinski definition) is 3. The highest BCUT2D eigenvalue weighted by Crippen LogP contribution is 2.27. The van der Waals surface area contributed by atoms with Gasteiger partial charge in [-0.25, -0.2) is 10.9 Å². The van der Waals surface area contributed by atoms with Crippen LogP contribution in [0.25, 0.3) is 0 Å². The Morgan fingerprint density at radius 3 is 2.53 bits per heavy atom. The van der Waals surface area contributed by atoms with E-state index in [-0.39, 0.29) is 18.1 Å². The largest absolute Gasteiger partial charge is 0.314 e. The molecule has 78 valence electrons. The molecule has 0 bridgehead atoms. The molecular weight excluding hydrogens is 212 g/mol. The van der Waals surface area contributed by atoms with E-state index >= 15 is 0 Å². The summed E-state index contributed by atoms with van der Waals surface area (Å²) in [5, 5.41) is 9.67. The summed E-state index contributed by atoms with van der Waals surface area (Å²) in [5.41, 5.74) is 12.6. The maximum Gasteiger partial charge on any atom is 0.0965 e. The molecule has 1 aromatic rings. The lowest BCUT2D eigenvalue weighted by Crippen LogP contribution is -2.38. The molecule has 0 saturated carbocycles. The monoisotopic (exact) mass is 222 g/mol. The highest BCUT2D eigenvalue weighted by atomic mass is 35.5. The number of nitrogens with two attached hydrogens (primary N) is 1. The van der Waals surface area contributed by atoms with Gasteiger partial charge in [-0.1, -0.05) is 23.7 Å². The van der Waals surface area contributed by atoms with E-state index in [1.807, 2.05) is 12.1 Å². The van der Waals surface area contributed by atoms with Crippen molar-refractivity contribution < 1.29 is 0 Å². The summed E-state index contributed by atoms with van der Waals surface area (Å²) in [6.45, 7) is 0. The van der Waals surface area contributed by atoms with Crippen LogP contribution in [0.3, 0.4) is 0 Å². The van der Waals surface area contributed by atoms with Gasteiger partial charge in [-0.3, -0.25) is 0 Å². The van der Waals surface area contributed by atoms with Gasteiger partial charge in [0, 0.05) is 5.02 Å². The molecule has 3 unspecified atom stereocenters. The first-order valence-electron chi connectivity index (χ1n) is 4.64. The molecule has 4 nitrogen and oxygen atoms in total. The first-order valence-corrected chi connectivity index (χ1v) is 5.02. The van der Waals surface area contributed by atoms with Gasteiger partial charge < -0.3 is 5.73 Å². The Kier molecular flexibility index (Phi) is 2.89. The van der Waals surface area contributed by atoms with Crippen LogP contribution in [-0.4, -0.2) is 6.17 Å². The first kappa shape index (κ1) is 10.4. The summed E-state index contributed by atoms with van der Waals surface area (Å²) < 4.78 is 0. The van der Waals surface area contributed by atoms with Gasteiger partial charge in [-0.15, -0.1) is 0 Å². The van der Waals surface area contributed by atoms with E-state index in [1.54, 1.807) is 12.1 Å². The van der Waals surface area contributed by atoms with Gasteiger partial charge >= 0.3 is 0 Å². The quantitative estimate of drug-likeness (QED) is 0.661. The fourth-order valence-corrected chi connectivity index (χ4v) is 1.81. The van der Waals surface area contributed by atoms with Gasteiger partial charge in [-0.05, 0) is 17.7 Å². The minimum absolute atomic E-state index is 0.0812. The van der Waals surface area contributed by atoms with Gasteiger partial charge in [0.2, 0.25) is 0 Å². The van der Waals surface area contributed by atoms with Gasteiger partial charge in [-0.2, -0.15) is 5.26 Å². The molecule has 1 aliphatic rings. The van der Waals surface area contributed by atoms with Crippen LogP contribution in [0.2, 0.25) is 5.02 Å². The maximum absolute atomic E-state index is 8.99. The molecule has 4 N–H and O–H groups in total. The van der Waals surface area contributed by atoms with Crippen molar-refractivity contribution in [2.75, 3.05) is 0 Å². The van der Waals surface area contributed by atoms with Crippen LogP contribution in [0.4, 0.5) is 0 Å². The predicted octanol–water partition coefficient (Wildman–Crippen LogP) is 0.913. The zero-order chi connectivity index (χ0) is 10.8. The van der Waals surface area contributed by atoms with E-state index < -0.39 is 0 Å². The van der Waals surface area contributed by atoms with Crippen LogP contribution in [0.15, 0.2) is 24.3 Å². The smallest absolute Gasteiger partial charge is 0.0965 e. The molecular formula is C10H11ClN4. The Morgan fingerprint density at radius 1 is 1.27 bits per heavy atom. The van der Waals surface area contributed by atoms with Crippen molar-refractivity contribution >= 4 is 11.6 Å². The Labute approximate surface area is 93.0 Å². The van der Waals surface area contributed by atoms with Crippen LogP contribution in [-0.2, 0) is 0 Å². The molecule has 1 aromatic carbocycles. The van der Waals surface area contributed by atoms with E-state index in [2.05, 4.69) is 16.9 Å². The predicted molar refractivity (Wildman–Crippen MR) is 57.5 cm³/mol. The summed E-state index contributed by atoms with van der Waals surface area (Å²) in [7, 11) is 0. The Bertz CT molecular complexity index is 383. The lowest BCUT2D eigenvalue weighted by Gasteiger charge is -2.13. The van der Waals surface area contributed by atoms with Crippen LogP contribution in [0.5, 0.6) is 0 Å². The fraction of sp³-hybridized carbons (Fsp3) is 0.300. The Morgan fingerprint density at radius 2 is 1.93 bits per heavy atom. The molecule has 1 fully saturated rings. The molecule has 3 atom stereocenters. The summed E-state index contributed by atoms with van der Waals surface area (Å²) >= 11 is 5.79. The molecule has 2 rings (SSSR count). The second-order valence-corrected chi connectivity index (χ2v) is 3.93. The molecule has 0 amide bonds. The number of nitrogens with zero attached hydrogens (tertiary/aromatic N) is 1. The van der Waals surface area contributed by atoms with Crippen molar-refractivity contribution in [1.82, 2.24) is 10.9 Å². The second kappa shape index (κ2) is 4.17. The normalized spacial score (nSPS) is 30.1. The highest BCUT2D eigenvalue weighted by Gasteiger charge is 2.34. The highest BCUT2D eigenvalue weighted by molar-refractivity contribution is 6.30. The number of nitrogens with one attached hydrogen (secondary N) is 2. The number of hydrazine groups is 1. The van der Waals surface area contributed by atoms with Crippen molar-refractivity contribution in [3.63, 3.8) is 0 Å². The van der Waals surface area contributed by atoms with Crippen molar-refractivity contribution in [3.8, 4) is 6.07 Å². The lowest BCUT2D eigenvalue weighted by molar-refractivity contribution is 0.526. The molecule has 15 heavy (non-hydrogen) atoms. The van der Waals surface area contributed by atoms with Crippen molar-refractivity contribution in [2.45, 2.75) is 12.2 Å². The SMILES string of the molecule is N#CC1C(N)NNC1c1ccc(Cl)cc1. The van der Waals surface area contributed by atoms with E-state index in [4.69, 9.17) is 22.6 Å². The van der Waals surface area contributed by atoms with E-state index in [0.717, 1.165) is 5.56 Å². The maximum atomic E-state index is 8.99. The number of benzene rings is 1. The van der Waals surface area contributed by atoms with Crippen molar-refractivity contribution in [2.24, 2.45) is 11.7 Å². The third kappa shape index (κ3) is 1.96. The summed E-state index contributed by atoms with van der Waals surface area (Å²) in [6, 6.07) is 9.50. The standard InChI is InChI=1S/C10H11ClN4/c11-7-3-1-6(2-4-7)9-8(5-12)10(13)15-14-9/h1-4,8-10,14-15H,13H2. The van der Waals surface area contributed by atoms with E-state index in [0.29, 0.717) is 5.02 Å². The average Bonchev–Trinajstić information content (AvgIpc) is 2.61. The number of rotatable bonds is 1. The lowest BCUT2D eigenvalue weighted by atomic mass is 9.94. The third-order valence-electron chi connectivity index (χ3n) is 2.53. The first-order chi connectivity index (χ1) is 7.22. The third-order valence-corrected chi connectivity index (χ3v) is 2.78. The molecule has 0 aliphatic carbocycles. The van der Waals surface area contributed by atoms with Gasteiger partial charge in [0.1, 0.15) is 0 Å². The van der Waals surface area contributed by atoms with Crippen LogP contribution >= 0.6 is 11.6 Å². The molecule has 5 heteroatoms. The number of halogens is 1. The molecule has 1 saturated heterocycles. The second-order valence-electron chi connectivity index (χ2n) is 3.50. The van der Waals surface area contributed by atoms with Crippen molar-refractivity contribution in [1.29, 1.82) is 5.26 Å². The van der Waals surface area contributed by atoms with Gasteiger partial charge in [0.25, 0.3) is 0 Å². The molecule has 0 radical (unpaired) electrons. The Balaban J connectivity index is 2.25. The molecule has 1 heterocycles. The van der Waals surface area contributed by atoms with E-state index in [9.17, 15) is 0 Å². The van der Waals surface area contributed by atoms with Crippen LogP contribution < -0.4 is 16.6 Å². The summed E-state index contributed by atoms with van der Waals surface area (Å²) in [6.07, 6.45) is -0.337. The number of nitriles is 1. The van der Waals surface area contributed by atoms with E-state index in [1.165, 1.54) is 0 Å². The topological polar surface area (TPSA) is 73.9 Å². The fourth-order valence-electron chi connectivity index (χ4n) is 1.69. The average molecular weight is 223 g/mol. The number of hydrogen-bond acceptors (Lipinski definition) is 4. The Hall–Kier alpha value is -1.12. The van der Waals surface area contributed by atoms with Crippen molar-refractivity contribution in [3.05, 3.63) is 34.9 Å². The van der Waals surface area contributed by atoms with Gasteiger partial charge in [0.15, 0.2) is 0 Å². The van der Waals surface area contributed by atoms with Crippen LogP contribution in [0, 0.1) is 17.2 Å². The molecule has 1 aliphatic heterocycles. The minimum Gasteiger partial charge on any atom is -0.314 e. The zero-order valence-electron chi connectivity index (χ0n) is 7.94. The summed E-state index contributed by atoms with van der Waals surface area (Å²) in [4.78, 5) is 0. The molecule has 0 spiro atoms. The van der Waals surface area contributed by atoms with Gasteiger partial charge in [0.05, 0.1) is 24.2 Å². The minimum atomic E-state index is -0.337. The summed E-state index contributed by atoms with van der Waals surface area (Å²) in [5.74, 6) is -0.272.